The summed E-state index contributed by atoms with van der Waals surface area (Å²) >= 11 is 0. The molecule has 4 nitrogen and oxygen atoms in total. The molecular weight excluding hydrogens is 257 g/mol. The van der Waals surface area contributed by atoms with E-state index in [9.17, 15) is 9.18 Å². The van der Waals surface area contributed by atoms with Crippen LogP contribution in [0.3, 0.4) is 0 Å². The molecule has 5 heteroatoms. The van der Waals surface area contributed by atoms with Crippen LogP contribution in [0, 0.1) is 19.7 Å². The monoisotopic (exact) mass is 273 g/mol. The summed E-state index contributed by atoms with van der Waals surface area (Å²) in [4.78, 5) is 12.2. The van der Waals surface area contributed by atoms with Crippen molar-refractivity contribution in [3.05, 3.63) is 58.9 Å². The summed E-state index contributed by atoms with van der Waals surface area (Å²) in [6.45, 7) is 3.62. The first-order valence-corrected chi connectivity index (χ1v) is 6.16. The summed E-state index contributed by atoms with van der Waals surface area (Å²) in [7, 11) is 0. The second kappa shape index (κ2) is 5.71. The molecule has 0 unspecified atom stereocenters. The van der Waals surface area contributed by atoms with Crippen molar-refractivity contribution in [3.8, 4) is 0 Å². The Bertz CT molecular complexity index is 656. The zero-order valence-corrected chi connectivity index (χ0v) is 11.3. The van der Waals surface area contributed by atoms with E-state index in [1.165, 1.54) is 12.1 Å². The van der Waals surface area contributed by atoms with Gasteiger partial charge in [-0.2, -0.15) is 0 Å². The molecule has 0 aromatic heterocycles. The largest absolute Gasteiger partial charge is 0.324 e. The maximum Gasteiger partial charge on any atom is 0.255 e. The standard InChI is InChI=1S/C15H16FN3O/c1-9-3-4-11(16)8-14(9)18-15(20)13-6-5-12(19-17)7-10(13)2/h3-8,19H,17H2,1-2H3,(H,18,20). The summed E-state index contributed by atoms with van der Waals surface area (Å²) in [5.74, 6) is 4.65. The third-order valence-corrected chi connectivity index (χ3v) is 3.09. The van der Waals surface area contributed by atoms with Crippen molar-refractivity contribution in [2.24, 2.45) is 5.84 Å². The molecule has 2 aromatic rings. The van der Waals surface area contributed by atoms with E-state index < -0.39 is 0 Å². The van der Waals surface area contributed by atoms with Crippen LogP contribution >= 0.6 is 0 Å². The number of hydrogen-bond donors (Lipinski definition) is 3. The van der Waals surface area contributed by atoms with Crippen molar-refractivity contribution in [2.75, 3.05) is 10.7 Å². The lowest BCUT2D eigenvalue weighted by molar-refractivity contribution is 0.102. The smallest absolute Gasteiger partial charge is 0.255 e. The van der Waals surface area contributed by atoms with Crippen LogP contribution < -0.4 is 16.6 Å². The summed E-state index contributed by atoms with van der Waals surface area (Å²) in [6, 6.07) is 9.44. The second-order valence-corrected chi connectivity index (χ2v) is 4.59. The van der Waals surface area contributed by atoms with Gasteiger partial charge in [0.15, 0.2) is 0 Å². The molecule has 0 radical (unpaired) electrons. The number of nitrogens with one attached hydrogen (secondary N) is 2. The molecule has 0 saturated carbocycles. The first-order chi connectivity index (χ1) is 9.51. The molecule has 0 aliphatic rings. The highest BCUT2D eigenvalue weighted by Gasteiger charge is 2.11. The number of anilines is 2. The minimum atomic E-state index is -0.384. The van der Waals surface area contributed by atoms with Crippen LogP contribution in [-0.4, -0.2) is 5.91 Å². The summed E-state index contributed by atoms with van der Waals surface area (Å²) < 4.78 is 13.2. The zero-order chi connectivity index (χ0) is 14.7. The zero-order valence-electron chi connectivity index (χ0n) is 11.3. The number of halogens is 1. The van der Waals surface area contributed by atoms with Crippen LogP contribution in [-0.2, 0) is 0 Å². The van der Waals surface area contributed by atoms with Crippen LogP contribution in [0.1, 0.15) is 21.5 Å². The van der Waals surface area contributed by atoms with Gasteiger partial charge in [-0.15, -0.1) is 0 Å². The predicted octanol–water partition coefficient (Wildman–Crippen LogP) is 2.98. The molecule has 104 valence electrons. The van der Waals surface area contributed by atoms with Crippen LogP contribution in [0.5, 0.6) is 0 Å². The van der Waals surface area contributed by atoms with E-state index in [0.717, 1.165) is 16.8 Å². The Morgan fingerprint density at radius 1 is 1.10 bits per heavy atom. The Labute approximate surface area is 116 Å². The molecule has 0 heterocycles. The van der Waals surface area contributed by atoms with E-state index in [1.807, 2.05) is 13.8 Å². The number of aryl methyl sites for hydroxylation is 2. The maximum atomic E-state index is 13.2. The summed E-state index contributed by atoms with van der Waals surface area (Å²) in [5.41, 5.74) is 5.82. The SMILES string of the molecule is Cc1ccc(F)cc1NC(=O)c1ccc(NN)cc1C. The van der Waals surface area contributed by atoms with E-state index in [0.29, 0.717) is 11.3 Å². The molecule has 0 spiro atoms. The van der Waals surface area contributed by atoms with Gasteiger partial charge in [0.1, 0.15) is 5.82 Å². The van der Waals surface area contributed by atoms with Gasteiger partial charge < -0.3 is 10.7 Å². The average Bonchev–Trinajstić information content (AvgIpc) is 2.42. The fourth-order valence-corrected chi connectivity index (χ4v) is 1.93. The average molecular weight is 273 g/mol. The second-order valence-electron chi connectivity index (χ2n) is 4.59. The number of amides is 1. The number of nitrogens with two attached hydrogens (primary N) is 1. The van der Waals surface area contributed by atoms with E-state index in [4.69, 9.17) is 5.84 Å². The van der Waals surface area contributed by atoms with Crippen LogP contribution in [0.15, 0.2) is 36.4 Å². The maximum absolute atomic E-state index is 13.2. The van der Waals surface area contributed by atoms with Gasteiger partial charge in [0.2, 0.25) is 0 Å². The number of carbonyl (C=O) groups is 1. The highest BCUT2D eigenvalue weighted by atomic mass is 19.1. The van der Waals surface area contributed by atoms with Gasteiger partial charge in [-0.05, 0) is 55.3 Å². The quantitative estimate of drug-likeness (QED) is 0.595. The summed E-state index contributed by atoms with van der Waals surface area (Å²) in [6.07, 6.45) is 0. The number of hydrogen-bond acceptors (Lipinski definition) is 3. The topological polar surface area (TPSA) is 67.2 Å². The fraction of sp³-hybridized carbons (Fsp3) is 0.133. The molecule has 1 amide bonds. The molecule has 20 heavy (non-hydrogen) atoms. The van der Waals surface area contributed by atoms with Gasteiger partial charge in [0.05, 0.1) is 0 Å². The first-order valence-electron chi connectivity index (χ1n) is 6.16. The minimum absolute atomic E-state index is 0.278. The molecule has 0 bridgehead atoms. The van der Waals surface area contributed by atoms with Crippen LogP contribution in [0.4, 0.5) is 15.8 Å². The van der Waals surface area contributed by atoms with E-state index >= 15 is 0 Å². The van der Waals surface area contributed by atoms with Gasteiger partial charge in [-0.3, -0.25) is 10.6 Å². The molecule has 2 aromatic carbocycles. The van der Waals surface area contributed by atoms with Crippen LogP contribution in [0.2, 0.25) is 0 Å². The lowest BCUT2D eigenvalue weighted by Crippen LogP contribution is -2.15. The van der Waals surface area contributed by atoms with Gasteiger partial charge >= 0.3 is 0 Å². The van der Waals surface area contributed by atoms with Gasteiger partial charge in [-0.25, -0.2) is 4.39 Å². The Hall–Kier alpha value is -2.40. The molecule has 0 fully saturated rings. The Morgan fingerprint density at radius 3 is 2.50 bits per heavy atom. The molecule has 0 aliphatic heterocycles. The van der Waals surface area contributed by atoms with Gasteiger partial charge in [0, 0.05) is 16.9 Å². The first kappa shape index (κ1) is 14.0. The van der Waals surface area contributed by atoms with Crippen molar-refractivity contribution in [2.45, 2.75) is 13.8 Å². The number of carbonyl (C=O) groups excluding carboxylic acids is 1. The minimum Gasteiger partial charge on any atom is -0.324 e. The Morgan fingerprint density at radius 2 is 1.85 bits per heavy atom. The lowest BCUT2D eigenvalue weighted by atomic mass is 10.1. The molecule has 0 atom stereocenters. The molecule has 2 rings (SSSR count). The molecule has 0 aliphatic carbocycles. The summed E-state index contributed by atoms with van der Waals surface area (Å²) in [5, 5.41) is 2.72. The van der Waals surface area contributed by atoms with Crippen molar-refractivity contribution >= 4 is 17.3 Å². The van der Waals surface area contributed by atoms with Crippen molar-refractivity contribution < 1.29 is 9.18 Å². The fourth-order valence-electron chi connectivity index (χ4n) is 1.93. The number of rotatable bonds is 3. The number of benzene rings is 2. The molecule has 4 N–H and O–H groups in total. The third kappa shape index (κ3) is 2.95. The Kier molecular flexibility index (Phi) is 4.00. The predicted molar refractivity (Wildman–Crippen MR) is 78.1 cm³/mol. The number of nitrogen functional groups attached to an aromatic ring is 1. The third-order valence-electron chi connectivity index (χ3n) is 3.09. The van der Waals surface area contributed by atoms with Crippen LogP contribution in [0.25, 0.3) is 0 Å². The lowest BCUT2D eigenvalue weighted by Gasteiger charge is -2.11. The van der Waals surface area contributed by atoms with Crippen molar-refractivity contribution in [1.29, 1.82) is 0 Å². The van der Waals surface area contributed by atoms with Gasteiger partial charge in [0.25, 0.3) is 5.91 Å². The molecule has 0 saturated heterocycles. The van der Waals surface area contributed by atoms with Crippen molar-refractivity contribution in [3.63, 3.8) is 0 Å². The highest BCUT2D eigenvalue weighted by molar-refractivity contribution is 6.05. The van der Waals surface area contributed by atoms with E-state index in [2.05, 4.69) is 10.7 Å². The molecular formula is C15H16FN3O. The van der Waals surface area contributed by atoms with E-state index in [1.54, 1.807) is 24.3 Å². The Balaban J connectivity index is 2.26. The van der Waals surface area contributed by atoms with Gasteiger partial charge in [-0.1, -0.05) is 6.07 Å². The normalized spacial score (nSPS) is 10.2. The van der Waals surface area contributed by atoms with Crippen molar-refractivity contribution in [1.82, 2.24) is 0 Å². The highest BCUT2D eigenvalue weighted by Crippen LogP contribution is 2.19. The van der Waals surface area contributed by atoms with E-state index in [-0.39, 0.29) is 11.7 Å². The number of hydrazine groups is 1.